The fourth-order valence-corrected chi connectivity index (χ4v) is 3.57. The van der Waals surface area contributed by atoms with Gasteiger partial charge in [-0.25, -0.2) is 4.98 Å². The van der Waals surface area contributed by atoms with Gasteiger partial charge in [-0.1, -0.05) is 23.9 Å². The highest BCUT2D eigenvalue weighted by molar-refractivity contribution is 8.01. The van der Waals surface area contributed by atoms with Crippen LogP contribution in [0.2, 0.25) is 0 Å². The lowest BCUT2D eigenvalue weighted by molar-refractivity contribution is -0.113. The van der Waals surface area contributed by atoms with Gasteiger partial charge in [0.1, 0.15) is 0 Å². The van der Waals surface area contributed by atoms with Gasteiger partial charge in [0.15, 0.2) is 10.2 Å². The van der Waals surface area contributed by atoms with Crippen molar-refractivity contribution < 1.29 is 4.79 Å². The molecule has 0 aliphatic carbocycles. The maximum Gasteiger partial charge on any atom is 0.236 e. The number of thiazole rings is 1. The number of fused-ring (bicyclic) bond motifs is 1. The van der Waals surface area contributed by atoms with Crippen LogP contribution in [-0.2, 0) is 11.8 Å². The zero-order valence-corrected chi connectivity index (χ0v) is 12.4. The van der Waals surface area contributed by atoms with E-state index in [0.29, 0.717) is 11.6 Å². The summed E-state index contributed by atoms with van der Waals surface area (Å²) in [5.74, 6) is 0.825. The molecule has 0 spiro atoms. The van der Waals surface area contributed by atoms with E-state index in [0.717, 1.165) is 14.6 Å². The van der Waals surface area contributed by atoms with Gasteiger partial charge in [0.05, 0.1) is 16.0 Å². The molecule has 0 bridgehead atoms. The second kappa shape index (κ2) is 5.64. The SMILES string of the molecule is Cn1ccc(NC(=O)CSc2nc3ccccc3s2)n1. The molecular formula is C13H12N4OS2. The van der Waals surface area contributed by atoms with Crippen LogP contribution in [0.15, 0.2) is 40.9 Å². The summed E-state index contributed by atoms with van der Waals surface area (Å²) in [6.07, 6.45) is 1.79. The lowest BCUT2D eigenvalue weighted by Crippen LogP contribution is -2.14. The van der Waals surface area contributed by atoms with Gasteiger partial charge in [0.2, 0.25) is 5.91 Å². The smallest absolute Gasteiger partial charge is 0.236 e. The number of para-hydroxylation sites is 1. The Morgan fingerprint density at radius 1 is 1.40 bits per heavy atom. The summed E-state index contributed by atoms with van der Waals surface area (Å²) in [6.45, 7) is 0. The van der Waals surface area contributed by atoms with Crippen LogP contribution in [0.25, 0.3) is 10.2 Å². The molecule has 5 nitrogen and oxygen atoms in total. The monoisotopic (exact) mass is 304 g/mol. The number of carbonyl (C=O) groups excluding carboxylic acids is 1. The standard InChI is InChI=1S/C13H12N4OS2/c1-17-7-6-11(16-17)15-12(18)8-19-13-14-9-4-2-3-5-10(9)20-13/h2-7H,8H2,1H3,(H,15,16,18). The molecule has 7 heteroatoms. The van der Waals surface area contributed by atoms with E-state index in [1.54, 1.807) is 28.3 Å². The number of carbonyl (C=O) groups is 1. The Balaban J connectivity index is 1.59. The molecular weight excluding hydrogens is 292 g/mol. The van der Waals surface area contributed by atoms with Crippen LogP contribution < -0.4 is 5.32 Å². The Bertz CT molecular complexity index is 717. The average Bonchev–Trinajstić information content (AvgIpc) is 3.02. The summed E-state index contributed by atoms with van der Waals surface area (Å²) in [5, 5.41) is 6.85. The van der Waals surface area contributed by atoms with Crippen molar-refractivity contribution in [3.8, 4) is 0 Å². The molecule has 0 aliphatic heterocycles. The Morgan fingerprint density at radius 3 is 3.00 bits per heavy atom. The Labute approximate surface area is 124 Å². The maximum atomic E-state index is 11.8. The van der Waals surface area contributed by atoms with E-state index in [1.807, 2.05) is 31.3 Å². The molecule has 3 rings (SSSR count). The number of benzene rings is 1. The van der Waals surface area contributed by atoms with Crippen molar-refractivity contribution in [2.75, 3.05) is 11.1 Å². The second-order valence-electron chi connectivity index (χ2n) is 4.16. The zero-order valence-electron chi connectivity index (χ0n) is 10.7. The van der Waals surface area contributed by atoms with Crippen molar-refractivity contribution in [1.82, 2.24) is 14.8 Å². The normalized spacial score (nSPS) is 10.8. The van der Waals surface area contributed by atoms with E-state index >= 15 is 0 Å². The van der Waals surface area contributed by atoms with Crippen molar-refractivity contribution >= 4 is 45.0 Å². The highest BCUT2D eigenvalue weighted by Crippen LogP contribution is 2.29. The molecule has 20 heavy (non-hydrogen) atoms. The van der Waals surface area contributed by atoms with E-state index < -0.39 is 0 Å². The molecule has 1 aromatic carbocycles. The van der Waals surface area contributed by atoms with Gasteiger partial charge < -0.3 is 5.32 Å². The van der Waals surface area contributed by atoms with Gasteiger partial charge in [0, 0.05) is 19.3 Å². The third-order valence-electron chi connectivity index (χ3n) is 2.58. The largest absolute Gasteiger partial charge is 0.308 e. The average molecular weight is 304 g/mol. The van der Waals surface area contributed by atoms with Gasteiger partial charge in [0.25, 0.3) is 0 Å². The second-order valence-corrected chi connectivity index (χ2v) is 6.41. The van der Waals surface area contributed by atoms with E-state index in [2.05, 4.69) is 15.4 Å². The summed E-state index contributed by atoms with van der Waals surface area (Å²) in [5.41, 5.74) is 0.977. The quantitative estimate of drug-likeness (QED) is 0.753. The van der Waals surface area contributed by atoms with Crippen LogP contribution in [0.1, 0.15) is 0 Å². The fourth-order valence-electron chi connectivity index (χ4n) is 1.70. The summed E-state index contributed by atoms with van der Waals surface area (Å²) in [6, 6.07) is 9.72. The van der Waals surface area contributed by atoms with Crippen LogP contribution in [-0.4, -0.2) is 26.4 Å². The molecule has 0 radical (unpaired) electrons. The molecule has 2 heterocycles. The van der Waals surface area contributed by atoms with Crippen LogP contribution in [0, 0.1) is 0 Å². The molecule has 102 valence electrons. The molecule has 0 unspecified atom stereocenters. The number of thioether (sulfide) groups is 1. The summed E-state index contributed by atoms with van der Waals surface area (Å²) in [7, 11) is 1.81. The van der Waals surface area contributed by atoms with Crippen LogP contribution in [0.5, 0.6) is 0 Å². The van der Waals surface area contributed by atoms with Gasteiger partial charge in [-0.2, -0.15) is 5.10 Å². The number of hydrogen-bond acceptors (Lipinski definition) is 5. The Kier molecular flexibility index (Phi) is 3.70. The summed E-state index contributed by atoms with van der Waals surface area (Å²) < 4.78 is 3.69. The predicted molar refractivity (Wildman–Crippen MR) is 82.2 cm³/mol. The molecule has 0 aliphatic rings. The fraction of sp³-hybridized carbons (Fsp3) is 0.154. The molecule has 1 amide bonds. The first-order chi connectivity index (χ1) is 9.70. The minimum atomic E-state index is -0.0760. The number of hydrogen-bond donors (Lipinski definition) is 1. The van der Waals surface area contributed by atoms with Crippen molar-refractivity contribution in [2.45, 2.75) is 4.34 Å². The van der Waals surface area contributed by atoms with Gasteiger partial charge >= 0.3 is 0 Å². The number of rotatable bonds is 4. The molecule has 1 N–H and O–H groups in total. The van der Waals surface area contributed by atoms with E-state index in [1.165, 1.54) is 11.8 Å². The third-order valence-corrected chi connectivity index (χ3v) is 4.76. The van der Waals surface area contributed by atoms with E-state index in [4.69, 9.17) is 0 Å². The highest BCUT2D eigenvalue weighted by atomic mass is 32.2. The summed E-state index contributed by atoms with van der Waals surface area (Å²) >= 11 is 3.04. The lowest BCUT2D eigenvalue weighted by Gasteiger charge is -1.99. The topological polar surface area (TPSA) is 59.8 Å². The molecule has 2 aromatic heterocycles. The van der Waals surface area contributed by atoms with E-state index in [-0.39, 0.29) is 5.91 Å². The van der Waals surface area contributed by atoms with Crippen LogP contribution in [0.4, 0.5) is 5.82 Å². The Morgan fingerprint density at radius 2 is 2.25 bits per heavy atom. The number of nitrogens with zero attached hydrogens (tertiary/aromatic N) is 3. The third kappa shape index (κ3) is 3.00. The number of amides is 1. The number of aryl methyl sites for hydroxylation is 1. The first kappa shape index (κ1) is 13.1. The van der Waals surface area contributed by atoms with Crippen LogP contribution in [0.3, 0.4) is 0 Å². The zero-order chi connectivity index (χ0) is 13.9. The molecule has 0 atom stereocenters. The van der Waals surface area contributed by atoms with Gasteiger partial charge in [-0.05, 0) is 12.1 Å². The van der Waals surface area contributed by atoms with Crippen molar-refractivity contribution in [1.29, 1.82) is 0 Å². The number of aromatic nitrogens is 3. The number of anilines is 1. The maximum absolute atomic E-state index is 11.8. The molecule has 0 fully saturated rings. The van der Waals surface area contributed by atoms with E-state index in [9.17, 15) is 4.79 Å². The summed E-state index contributed by atoms with van der Waals surface area (Å²) in [4.78, 5) is 16.3. The number of nitrogens with one attached hydrogen (secondary N) is 1. The molecule has 3 aromatic rings. The lowest BCUT2D eigenvalue weighted by atomic mass is 10.3. The van der Waals surface area contributed by atoms with Gasteiger partial charge in [-0.3, -0.25) is 9.48 Å². The first-order valence-corrected chi connectivity index (χ1v) is 7.79. The molecule has 0 saturated heterocycles. The first-order valence-electron chi connectivity index (χ1n) is 5.98. The van der Waals surface area contributed by atoms with Gasteiger partial charge in [-0.15, -0.1) is 11.3 Å². The predicted octanol–water partition coefficient (Wildman–Crippen LogP) is 2.76. The van der Waals surface area contributed by atoms with Crippen molar-refractivity contribution in [3.63, 3.8) is 0 Å². The highest BCUT2D eigenvalue weighted by Gasteiger charge is 2.08. The molecule has 0 saturated carbocycles. The minimum absolute atomic E-state index is 0.0760. The van der Waals surface area contributed by atoms with Crippen molar-refractivity contribution in [2.24, 2.45) is 7.05 Å². The van der Waals surface area contributed by atoms with Crippen LogP contribution >= 0.6 is 23.1 Å². The Hall–Kier alpha value is -1.86. The van der Waals surface area contributed by atoms with Crippen molar-refractivity contribution in [3.05, 3.63) is 36.5 Å². The minimum Gasteiger partial charge on any atom is -0.308 e.